The molecule has 8 heteroatoms. The Morgan fingerprint density at radius 1 is 1.00 bits per heavy atom. The molecule has 0 spiro atoms. The standard InChI is InChI=1S/C21H27N3O4S/c25-21(26)4-3-18-14-19(7-10-23-29(27,28)24-11-1-2-12-24)16-20(15-18)13-17-5-8-22-9-6-17/h5-6,8-9,14-16,23H,1-4,7,10-13H2,(H,25,26). The Balaban J connectivity index is 1.69. The van der Waals surface area contributed by atoms with Gasteiger partial charge in [-0.2, -0.15) is 12.7 Å². The number of carbonyl (C=O) groups is 1. The molecule has 1 aromatic carbocycles. The molecule has 0 aliphatic carbocycles. The third-order valence-electron chi connectivity index (χ3n) is 5.00. The summed E-state index contributed by atoms with van der Waals surface area (Å²) in [5, 5.41) is 9.00. The van der Waals surface area contributed by atoms with Gasteiger partial charge >= 0.3 is 5.97 Å². The van der Waals surface area contributed by atoms with Crippen molar-refractivity contribution in [3.05, 3.63) is 65.0 Å². The van der Waals surface area contributed by atoms with Gasteiger partial charge in [-0.1, -0.05) is 18.2 Å². The van der Waals surface area contributed by atoms with Gasteiger partial charge in [-0.05, 0) is 66.5 Å². The summed E-state index contributed by atoms with van der Waals surface area (Å²) in [6.45, 7) is 1.47. The number of pyridine rings is 1. The second-order valence-corrected chi connectivity index (χ2v) is 9.09. The number of nitrogens with one attached hydrogen (secondary N) is 1. The Labute approximate surface area is 172 Å². The average molecular weight is 418 g/mol. The van der Waals surface area contributed by atoms with Gasteiger partial charge in [0, 0.05) is 38.4 Å². The zero-order valence-electron chi connectivity index (χ0n) is 16.4. The van der Waals surface area contributed by atoms with Crippen LogP contribution in [0.15, 0.2) is 42.7 Å². The molecule has 7 nitrogen and oxygen atoms in total. The van der Waals surface area contributed by atoms with Crippen molar-refractivity contribution >= 4 is 16.2 Å². The molecule has 3 rings (SSSR count). The van der Waals surface area contributed by atoms with Crippen LogP contribution in [-0.2, 0) is 34.3 Å². The first-order chi connectivity index (χ1) is 13.9. The van der Waals surface area contributed by atoms with Crippen LogP contribution in [0.2, 0.25) is 0 Å². The molecule has 1 aromatic heterocycles. The third-order valence-corrected chi connectivity index (χ3v) is 6.61. The summed E-state index contributed by atoms with van der Waals surface area (Å²) >= 11 is 0. The van der Waals surface area contributed by atoms with E-state index in [1.54, 1.807) is 12.4 Å². The lowest BCUT2D eigenvalue weighted by atomic mass is 9.97. The number of rotatable bonds is 10. The molecular formula is C21H27N3O4S. The number of benzene rings is 1. The number of aryl methyl sites for hydroxylation is 1. The number of carboxylic acid groups (broad SMARTS) is 1. The van der Waals surface area contributed by atoms with E-state index in [0.29, 0.717) is 32.5 Å². The number of hydrogen-bond acceptors (Lipinski definition) is 4. The monoisotopic (exact) mass is 417 g/mol. The molecule has 1 aliphatic heterocycles. The summed E-state index contributed by atoms with van der Waals surface area (Å²) < 4.78 is 28.8. The minimum absolute atomic E-state index is 0.0692. The maximum absolute atomic E-state index is 12.3. The molecular weight excluding hydrogens is 390 g/mol. The summed E-state index contributed by atoms with van der Waals surface area (Å²) in [6, 6.07) is 9.97. The topological polar surface area (TPSA) is 99.6 Å². The molecule has 1 saturated heterocycles. The average Bonchev–Trinajstić information content (AvgIpc) is 3.23. The van der Waals surface area contributed by atoms with Crippen LogP contribution in [-0.4, -0.2) is 48.4 Å². The van der Waals surface area contributed by atoms with E-state index in [4.69, 9.17) is 5.11 Å². The second-order valence-electron chi connectivity index (χ2n) is 7.34. The predicted molar refractivity (Wildman–Crippen MR) is 111 cm³/mol. The fourth-order valence-electron chi connectivity index (χ4n) is 3.56. The molecule has 156 valence electrons. The van der Waals surface area contributed by atoms with E-state index in [1.165, 1.54) is 4.31 Å². The molecule has 0 unspecified atom stereocenters. The minimum atomic E-state index is -3.42. The van der Waals surface area contributed by atoms with Crippen molar-refractivity contribution in [2.45, 2.75) is 38.5 Å². The molecule has 0 atom stereocenters. The van der Waals surface area contributed by atoms with Gasteiger partial charge in [0.25, 0.3) is 10.2 Å². The number of aromatic nitrogens is 1. The van der Waals surface area contributed by atoms with Crippen LogP contribution in [0.5, 0.6) is 0 Å². The lowest BCUT2D eigenvalue weighted by molar-refractivity contribution is -0.136. The van der Waals surface area contributed by atoms with E-state index in [2.05, 4.69) is 15.8 Å². The number of hydrogen-bond donors (Lipinski definition) is 2. The number of nitrogens with zero attached hydrogens (tertiary/aromatic N) is 2. The van der Waals surface area contributed by atoms with Crippen molar-refractivity contribution < 1.29 is 18.3 Å². The van der Waals surface area contributed by atoms with Crippen LogP contribution in [0, 0.1) is 0 Å². The SMILES string of the molecule is O=C(O)CCc1cc(CCNS(=O)(=O)N2CCCC2)cc(Cc2ccncc2)c1. The molecule has 2 heterocycles. The van der Waals surface area contributed by atoms with Gasteiger partial charge < -0.3 is 5.11 Å². The van der Waals surface area contributed by atoms with E-state index in [-0.39, 0.29) is 6.42 Å². The van der Waals surface area contributed by atoms with Gasteiger partial charge in [-0.15, -0.1) is 0 Å². The summed E-state index contributed by atoms with van der Waals surface area (Å²) in [5.41, 5.74) is 4.16. The number of aliphatic carboxylic acids is 1. The van der Waals surface area contributed by atoms with Crippen LogP contribution in [0.25, 0.3) is 0 Å². The molecule has 0 amide bonds. The number of carboxylic acids is 1. The Hall–Kier alpha value is -2.29. The highest BCUT2D eigenvalue weighted by Gasteiger charge is 2.24. The van der Waals surface area contributed by atoms with E-state index in [1.807, 2.05) is 24.3 Å². The maximum atomic E-state index is 12.3. The van der Waals surface area contributed by atoms with Crippen molar-refractivity contribution in [2.75, 3.05) is 19.6 Å². The van der Waals surface area contributed by atoms with Crippen molar-refractivity contribution in [3.8, 4) is 0 Å². The summed E-state index contributed by atoms with van der Waals surface area (Å²) in [7, 11) is -3.42. The minimum Gasteiger partial charge on any atom is -0.481 e. The smallest absolute Gasteiger partial charge is 0.303 e. The quantitative estimate of drug-likeness (QED) is 0.617. The van der Waals surface area contributed by atoms with Crippen LogP contribution in [0.1, 0.15) is 41.5 Å². The summed E-state index contributed by atoms with van der Waals surface area (Å²) in [6.07, 6.45) is 7.10. The second kappa shape index (κ2) is 9.96. The molecule has 0 radical (unpaired) electrons. The molecule has 2 aromatic rings. The van der Waals surface area contributed by atoms with Crippen LogP contribution < -0.4 is 4.72 Å². The zero-order valence-corrected chi connectivity index (χ0v) is 17.2. The van der Waals surface area contributed by atoms with E-state index in [0.717, 1.165) is 41.5 Å². The van der Waals surface area contributed by atoms with Crippen LogP contribution in [0.3, 0.4) is 0 Å². The van der Waals surface area contributed by atoms with Gasteiger partial charge in [0.15, 0.2) is 0 Å². The first-order valence-electron chi connectivity index (χ1n) is 9.89. The van der Waals surface area contributed by atoms with Gasteiger partial charge in [0.2, 0.25) is 0 Å². The largest absolute Gasteiger partial charge is 0.481 e. The highest BCUT2D eigenvalue weighted by molar-refractivity contribution is 7.87. The molecule has 0 bridgehead atoms. The van der Waals surface area contributed by atoms with Gasteiger partial charge in [0.1, 0.15) is 0 Å². The normalized spacial score (nSPS) is 14.9. The first-order valence-corrected chi connectivity index (χ1v) is 11.3. The maximum Gasteiger partial charge on any atom is 0.303 e. The fourth-order valence-corrected chi connectivity index (χ4v) is 4.84. The highest BCUT2D eigenvalue weighted by Crippen LogP contribution is 2.17. The Morgan fingerprint density at radius 3 is 2.28 bits per heavy atom. The van der Waals surface area contributed by atoms with Crippen molar-refractivity contribution in [2.24, 2.45) is 0 Å². The Kier molecular flexibility index (Phi) is 7.35. The zero-order chi connectivity index (χ0) is 20.7. The Bertz CT molecular complexity index is 926. The third kappa shape index (κ3) is 6.62. The van der Waals surface area contributed by atoms with Crippen molar-refractivity contribution in [1.82, 2.24) is 14.0 Å². The molecule has 2 N–H and O–H groups in total. The van der Waals surface area contributed by atoms with Crippen molar-refractivity contribution in [3.63, 3.8) is 0 Å². The highest BCUT2D eigenvalue weighted by atomic mass is 32.2. The molecule has 0 saturated carbocycles. The van der Waals surface area contributed by atoms with Gasteiger partial charge in [-0.25, -0.2) is 4.72 Å². The lowest BCUT2D eigenvalue weighted by Crippen LogP contribution is -2.39. The van der Waals surface area contributed by atoms with Crippen LogP contribution >= 0.6 is 0 Å². The fraction of sp³-hybridized carbons (Fsp3) is 0.429. The summed E-state index contributed by atoms with van der Waals surface area (Å²) in [5.74, 6) is -0.829. The van der Waals surface area contributed by atoms with E-state index in [9.17, 15) is 13.2 Å². The Morgan fingerprint density at radius 2 is 1.62 bits per heavy atom. The van der Waals surface area contributed by atoms with Gasteiger partial charge in [-0.3, -0.25) is 9.78 Å². The summed E-state index contributed by atoms with van der Waals surface area (Å²) in [4.78, 5) is 15.0. The molecule has 1 fully saturated rings. The lowest BCUT2D eigenvalue weighted by Gasteiger charge is -2.16. The van der Waals surface area contributed by atoms with Crippen LogP contribution in [0.4, 0.5) is 0 Å². The van der Waals surface area contributed by atoms with Crippen molar-refractivity contribution in [1.29, 1.82) is 0 Å². The molecule has 29 heavy (non-hydrogen) atoms. The first kappa shape index (κ1) is 21.4. The predicted octanol–water partition coefficient (Wildman–Crippen LogP) is 2.16. The van der Waals surface area contributed by atoms with Gasteiger partial charge in [0.05, 0.1) is 0 Å². The van der Waals surface area contributed by atoms with E-state index >= 15 is 0 Å². The molecule has 1 aliphatic rings. The van der Waals surface area contributed by atoms with E-state index < -0.39 is 16.2 Å².